The van der Waals surface area contributed by atoms with E-state index in [9.17, 15) is 0 Å². The summed E-state index contributed by atoms with van der Waals surface area (Å²) in [6.45, 7) is 1.79. The second-order valence-electron chi connectivity index (χ2n) is 3.02. The Bertz CT molecular complexity index is 439. The zero-order valence-electron chi connectivity index (χ0n) is 8.17. The van der Waals surface area contributed by atoms with Gasteiger partial charge in [0.25, 0.3) is 0 Å². The zero-order valence-corrected chi connectivity index (χ0v) is 8.99. The van der Waals surface area contributed by atoms with Gasteiger partial charge in [0.15, 0.2) is 5.82 Å². The summed E-state index contributed by atoms with van der Waals surface area (Å²) in [7, 11) is 0. The first kappa shape index (κ1) is 10.0. The lowest BCUT2D eigenvalue weighted by Crippen LogP contribution is -1.80. The van der Waals surface area contributed by atoms with Crippen LogP contribution in [0.25, 0.3) is 0 Å². The van der Waals surface area contributed by atoms with Gasteiger partial charge < -0.3 is 9.63 Å². The number of phenols is 1. The molecular weight excluding hydrogens is 212 g/mol. The van der Waals surface area contributed by atoms with Gasteiger partial charge >= 0.3 is 0 Å². The van der Waals surface area contributed by atoms with Crippen LogP contribution in [0.5, 0.6) is 5.75 Å². The van der Waals surface area contributed by atoms with Gasteiger partial charge in [0.1, 0.15) is 5.75 Å². The van der Waals surface area contributed by atoms with Crippen LogP contribution in [-0.4, -0.2) is 15.2 Å². The number of aryl methyl sites for hydroxylation is 1. The number of benzene rings is 1. The van der Waals surface area contributed by atoms with Crippen LogP contribution in [0, 0.1) is 6.92 Å². The summed E-state index contributed by atoms with van der Waals surface area (Å²) >= 11 is 1.59. The predicted molar refractivity (Wildman–Crippen MR) is 56.7 cm³/mol. The van der Waals surface area contributed by atoms with E-state index >= 15 is 0 Å². The molecule has 1 N–H and O–H groups in total. The predicted octanol–water partition coefficient (Wildman–Crippen LogP) is 2.38. The summed E-state index contributed by atoms with van der Waals surface area (Å²) in [6, 6.07) is 7.01. The highest BCUT2D eigenvalue weighted by molar-refractivity contribution is 7.98. The van der Waals surface area contributed by atoms with Crippen molar-refractivity contribution in [1.29, 1.82) is 0 Å². The summed E-state index contributed by atoms with van der Waals surface area (Å²) in [5.41, 5.74) is 0. The molecule has 1 aromatic carbocycles. The molecule has 2 aromatic rings. The zero-order chi connectivity index (χ0) is 10.7. The molecule has 0 amide bonds. The number of phenolic OH excluding ortho intramolecular Hbond substituents is 1. The molecule has 0 saturated heterocycles. The molecule has 0 bridgehead atoms. The minimum Gasteiger partial charge on any atom is -0.508 e. The molecule has 0 radical (unpaired) electrons. The van der Waals surface area contributed by atoms with Gasteiger partial charge in [-0.15, -0.1) is 11.8 Å². The van der Waals surface area contributed by atoms with E-state index in [1.807, 2.05) is 12.1 Å². The summed E-state index contributed by atoms with van der Waals surface area (Å²) in [5.74, 6) is 2.18. The highest BCUT2D eigenvalue weighted by Gasteiger charge is 2.03. The van der Waals surface area contributed by atoms with Crippen molar-refractivity contribution in [3.8, 4) is 5.75 Å². The van der Waals surface area contributed by atoms with Crippen molar-refractivity contribution in [2.45, 2.75) is 17.6 Å². The molecule has 1 aromatic heterocycles. The standard InChI is InChI=1S/C10H10N2O2S/c1-7-11-10(14-12-7)6-15-9-4-2-8(13)3-5-9/h2-5,13H,6H2,1H3. The number of hydrogen-bond acceptors (Lipinski definition) is 5. The SMILES string of the molecule is Cc1noc(CSc2ccc(O)cc2)n1. The van der Waals surface area contributed by atoms with E-state index in [1.54, 1.807) is 30.8 Å². The van der Waals surface area contributed by atoms with Crippen LogP contribution < -0.4 is 0 Å². The first-order chi connectivity index (χ1) is 7.24. The Hall–Kier alpha value is -1.49. The van der Waals surface area contributed by atoms with Crippen LogP contribution in [-0.2, 0) is 5.75 Å². The van der Waals surface area contributed by atoms with Crippen molar-refractivity contribution in [2.24, 2.45) is 0 Å². The van der Waals surface area contributed by atoms with Gasteiger partial charge in [0.05, 0.1) is 5.75 Å². The third-order valence-corrected chi connectivity index (χ3v) is 2.77. The van der Waals surface area contributed by atoms with Crippen LogP contribution in [0.2, 0.25) is 0 Å². The minimum absolute atomic E-state index is 0.271. The maximum atomic E-state index is 9.10. The molecule has 5 heteroatoms. The molecule has 0 aliphatic carbocycles. The maximum absolute atomic E-state index is 9.10. The fraction of sp³-hybridized carbons (Fsp3) is 0.200. The average Bonchev–Trinajstić information content (AvgIpc) is 2.64. The van der Waals surface area contributed by atoms with E-state index < -0.39 is 0 Å². The number of nitrogens with zero attached hydrogens (tertiary/aromatic N) is 2. The van der Waals surface area contributed by atoms with E-state index in [1.165, 1.54) is 0 Å². The maximum Gasteiger partial charge on any atom is 0.236 e. The number of aromatic nitrogens is 2. The topological polar surface area (TPSA) is 59.2 Å². The third-order valence-electron chi connectivity index (χ3n) is 1.77. The first-order valence-corrected chi connectivity index (χ1v) is 5.43. The van der Waals surface area contributed by atoms with Gasteiger partial charge in [-0.05, 0) is 31.2 Å². The fourth-order valence-corrected chi connectivity index (χ4v) is 1.82. The lowest BCUT2D eigenvalue weighted by atomic mass is 10.3. The van der Waals surface area contributed by atoms with Gasteiger partial charge in [-0.2, -0.15) is 4.98 Å². The number of rotatable bonds is 3. The van der Waals surface area contributed by atoms with Crippen molar-refractivity contribution in [2.75, 3.05) is 0 Å². The molecule has 2 rings (SSSR count). The van der Waals surface area contributed by atoms with Crippen LogP contribution >= 0.6 is 11.8 Å². The van der Waals surface area contributed by atoms with Crippen LogP contribution in [0.4, 0.5) is 0 Å². The van der Waals surface area contributed by atoms with Crippen molar-refractivity contribution >= 4 is 11.8 Å². The highest BCUT2D eigenvalue weighted by atomic mass is 32.2. The average molecular weight is 222 g/mol. The smallest absolute Gasteiger partial charge is 0.236 e. The largest absolute Gasteiger partial charge is 0.508 e. The van der Waals surface area contributed by atoms with Crippen molar-refractivity contribution < 1.29 is 9.63 Å². The number of hydrogen-bond donors (Lipinski definition) is 1. The van der Waals surface area contributed by atoms with Gasteiger partial charge in [-0.1, -0.05) is 5.16 Å². The second kappa shape index (κ2) is 4.35. The molecule has 78 valence electrons. The molecule has 15 heavy (non-hydrogen) atoms. The summed E-state index contributed by atoms with van der Waals surface area (Å²) in [4.78, 5) is 5.15. The van der Waals surface area contributed by atoms with Crippen LogP contribution in [0.1, 0.15) is 11.7 Å². The third kappa shape index (κ3) is 2.73. The van der Waals surface area contributed by atoms with Crippen molar-refractivity contribution in [3.05, 3.63) is 36.0 Å². The van der Waals surface area contributed by atoms with E-state index in [0.717, 1.165) is 4.90 Å². The lowest BCUT2D eigenvalue weighted by molar-refractivity contribution is 0.387. The molecule has 0 atom stereocenters. The fourth-order valence-electron chi connectivity index (χ4n) is 1.09. The second-order valence-corrected chi connectivity index (χ2v) is 4.07. The van der Waals surface area contributed by atoms with Crippen LogP contribution in [0.3, 0.4) is 0 Å². The molecule has 0 aliphatic heterocycles. The van der Waals surface area contributed by atoms with Gasteiger partial charge in [0.2, 0.25) is 5.89 Å². The number of aromatic hydroxyl groups is 1. The Morgan fingerprint density at radius 3 is 2.67 bits per heavy atom. The Morgan fingerprint density at radius 1 is 1.33 bits per heavy atom. The monoisotopic (exact) mass is 222 g/mol. The minimum atomic E-state index is 0.271. The molecule has 0 aliphatic rings. The molecule has 0 unspecified atom stereocenters. The quantitative estimate of drug-likeness (QED) is 0.808. The highest BCUT2D eigenvalue weighted by Crippen LogP contribution is 2.23. The first-order valence-electron chi connectivity index (χ1n) is 4.45. The van der Waals surface area contributed by atoms with Gasteiger partial charge in [-0.3, -0.25) is 0 Å². The van der Waals surface area contributed by atoms with E-state index in [4.69, 9.17) is 9.63 Å². The molecule has 1 heterocycles. The Morgan fingerprint density at radius 2 is 2.07 bits per heavy atom. The van der Waals surface area contributed by atoms with Crippen molar-refractivity contribution in [3.63, 3.8) is 0 Å². The molecular formula is C10H10N2O2S. The van der Waals surface area contributed by atoms with Crippen molar-refractivity contribution in [1.82, 2.24) is 10.1 Å². The lowest BCUT2D eigenvalue weighted by Gasteiger charge is -1.97. The molecule has 0 fully saturated rings. The Balaban J connectivity index is 1.96. The van der Waals surface area contributed by atoms with E-state index in [-0.39, 0.29) is 5.75 Å². The van der Waals surface area contributed by atoms with Crippen LogP contribution in [0.15, 0.2) is 33.7 Å². The van der Waals surface area contributed by atoms with E-state index in [0.29, 0.717) is 17.5 Å². The van der Waals surface area contributed by atoms with E-state index in [2.05, 4.69) is 10.1 Å². The molecule has 0 spiro atoms. The van der Waals surface area contributed by atoms with Gasteiger partial charge in [0, 0.05) is 4.90 Å². The summed E-state index contributed by atoms with van der Waals surface area (Å²) in [6.07, 6.45) is 0. The Labute approximate surface area is 91.3 Å². The molecule has 0 saturated carbocycles. The summed E-state index contributed by atoms with van der Waals surface area (Å²) < 4.78 is 4.98. The molecule has 4 nitrogen and oxygen atoms in total. The van der Waals surface area contributed by atoms with Gasteiger partial charge in [-0.25, -0.2) is 0 Å². The Kier molecular flexibility index (Phi) is 2.91. The summed E-state index contributed by atoms with van der Waals surface area (Å²) in [5, 5.41) is 12.8. The number of thioether (sulfide) groups is 1. The normalized spacial score (nSPS) is 10.5.